The van der Waals surface area contributed by atoms with Crippen LogP contribution < -0.4 is 5.32 Å². The van der Waals surface area contributed by atoms with Crippen molar-refractivity contribution >= 4 is 0 Å². The number of β-amino-alcohol motifs (C(OH)–C–C–N with tert-alkyl or cyclic N) is 1. The van der Waals surface area contributed by atoms with Gasteiger partial charge in [0.2, 0.25) is 0 Å². The largest absolute Gasteiger partial charge is 0.391 e. The number of hydrogen-bond acceptors (Lipinski definition) is 3. The average Bonchev–Trinajstić information content (AvgIpc) is 2.54. The van der Waals surface area contributed by atoms with Crippen molar-refractivity contribution in [3.05, 3.63) is 30.1 Å². The van der Waals surface area contributed by atoms with Gasteiger partial charge in [-0.25, -0.2) is 0 Å². The molecule has 13 heavy (non-hydrogen) atoms. The Morgan fingerprint density at radius 3 is 2.77 bits per heavy atom. The molecule has 3 heteroatoms. The summed E-state index contributed by atoms with van der Waals surface area (Å²) in [6.45, 7) is 1.65. The normalized spacial score (nSPS) is 27.8. The highest BCUT2D eigenvalue weighted by atomic mass is 16.3. The molecule has 2 heterocycles. The van der Waals surface area contributed by atoms with Gasteiger partial charge in [0, 0.05) is 31.4 Å². The Morgan fingerprint density at radius 1 is 1.38 bits per heavy atom. The lowest BCUT2D eigenvalue weighted by atomic mass is 9.97. The zero-order valence-corrected chi connectivity index (χ0v) is 7.48. The fourth-order valence-corrected chi connectivity index (χ4v) is 1.75. The zero-order chi connectivity index (χ0) is 9.10. The van der Waals surface area contributed by atoms with E-state index in [4.69, 9.17) is 0 Å². The Bertz CT molecular complexity index is 263. The molecule has 2 N–H and O–H groups in total. The zero-order valence-electron chi connectivity index (χ0n) is 7.48. The number of nitrogens with one attached hydrogen (secondary N) is 1. The first kappa shape index (κ1) is 8.66. The number of pyridine rings is 1. The van der Waals surface area contributed by atoms with Crippen LogP contribution in [0.4, 0.5) is 0 Å². The predicted octanol–water partition coefficient (Wildman–Crippen LogP) is 0.204. The van der Waals surface area contributed by atoms with Crippen LogP contribution in [0.15, 0.2) is 24.5 Å². The van der Waals surface area contributed by atoms with Gasteiger partial charge in [0.25, 0.3) is 0 Å². The summed E-state index contributed by atoms with van der Waals surface area (Å²) in [5.74, 6) is 0.363. The molecule has 3 nitrogen and oxygen atoms in total. The summed E-state index contributed by atoms with van der Waals surface area (Å²) < 4.78 is 0. The minimum absolute atomic E-state index is 0.187. The molecule has 0 bridgehead atoms. The Kier molecular flexibility index (Phi) is 2.57. The van der Waals surface area contributed by atoms with E-state index in [1.165, 1.54) is 5.56 Å². The first-order chi connectivity index (χ1) is 6.36. The van der Waals surface area contributed by atoms with Crippen molar-refractivity contribution < 1.29 is 5.11 Å². The highest BCUT2D eigenvalue weighted by Crippen LogP contribution is 2.14. The van der Waals surface area contributed by atoms with Crippen molar-refractivity contribution in [2.24, 2.45) is 5.92 Å². The van der Waals surface area contributed by atoms with Crippen molar-refractivity contribution in [1.82, 2.24) is 10.3 Å². The molecule has 0 aliphatic carbocycles. The highest BCUT2D eigenvalue weighted by molar-refractivity contribution is 5.11. The Balaban J connectivity index is 1.98. The van der Waals surface area contributed by atoms with Gasteiger partial charge in [0.1, 0.15) is 0 Å². The van der Waals surface area contributed by atoms with Crippen LogP contribution in [0.2, 0.25) is 0 Å². The maximum atomic E-state index is 9.57. The van der Waals surface area contributed by atoms with Crippen molar-refractivity contribution in [2.75, 3.05) is 13.1 Å². The maximum absolute atomic E-state index is 9.57. The minimum atomic E-state index is -0.187. The van der Waals surface area contributed by atoms with Crippen LogP contribution in [0.1, 0.15) is 5.56 Å². The molecule has 70 valence electrons. The molecule has 1 fully saturated rings. The van der Waals surface area contributed by atoms with E-state index in [-0.39, 0.29) is 6.10 Å². The van der Waals surface area contributed by atoms with Crippen LogP contribution >= 0.6 is 0 Å². The smallest absolute Gasteiger partial charge is 0.0708 e. The van der Waals surface area contributed by atoms with E-state index < -0.39 is 0 Å². The standard InChI is InChI=1S/C10H14N2O/c13-10-7-12-6-9(10)5-8-1-3-11-4-2-8/h1-4,9-10,12-13H,5-7H2. The van der Waals surface area contributed by atoms with Gasteiger partial charge in [0.15, 0.2) is 0 Å². The lowest BCUT2D eigenvalue weighted by Gasteiger charge is -2.12. The van der Waals surface area contributed by atoms with Gasteiger partial charge in [-0.05, 0) is 24.1 Å². The number of nitrogens with zero attached hydrogens (tertiary/aromatic N) is 1. The second kappa shape index (κ2) is 3.85. The highest BCUT2D eigenvalue weighted by Gasteiger charge is 2.24. The average molecular weight is 178 g/mol. The Labute approximate surface area is 77.8 Å². The van der Waals surface area contributed by atoms with Gasteiger partial charge in [0.05, 0.1) is 6.10 Å². The molecule has 0 radical (unpaired) electrons. The Morgan fingerprint density at radius 2 is 2.15 bits per heavy atom. The molecule has 1 saturated heterocycles. The molecule has 2 unspecified atom stereocenters. The van der Waals surface area contributed by atoms with E-state index in [0.717, 1.165) is 19.5 Å². The van der Waals surface area contributed by atoms with Crippen molar-refractivity contribution in [1.29, 1.82) is 0 Å². The molecule has 0 amide bonds. The molecule has 1 aliphatic heterocycles. The summed E-state index contributed by atoms with van der Waals surface area (Å²) in [7, 11) is 0. The second-order valence-corrected chi connectivity index (χ2v) is 3.55. The third-order valence-electron chi connectivity index (χ3n) is 2.55. The van der Waals surface area contributed by atoms with Crippen LogP contribution in [0.3, 0.4) is 0 Å². The molecule has 2 atom stereocenters. The van der Waals surface area contributed by atoms with Crippen molar-refractivity contribution in [3.63, 3.8) is 0 Å². The molecule has 0 spiro atoms. The maximum Gasteiger partial charge on any atom is 0.0708 e. The van der Waals surface area contributed by atoms with Crippen molar-refractivity contribution in [2.45, 2.75) is 12.5 Å². The van der Waals surface area contributed by atoms with E-state index in [0.29, 0.717) is 5.92 Å². The fourth-order valence-electron chi connectivity index (χ4n) is 1.75. The summed E-state index contributed by atoms with van der Waals surface area (Å²) in [6, 6.07) is 4.01. The van der Waals surface area contributed by atoms with E-state index >= 15 is 0 Å². The lowest BCUT2D eigenvalue weighted by molar-refractivity contribution is 0.147. The number of aliphatic hydroxyl groups excluding tert-OH is 1. The van der Waals surface area contributed by atoms with Crippen LogP contribution in [0.5, 0.6) is 0 Å². The van der Waals surface area contributed by atoms with Gasteiger partial charge in [-0.2, -0.15) is 0 Å². The third-order valence-corrected chi connectivity index (χ3v) is 2.55. The van der Waals surface area contributed by atoms with E-state index in [1.807, 2.05) is 12.1 Å². The van der Waals surface area contributed by atoms with Gasteiger partial charge in [-0.15, -0.1) is 0 Å². The third kappa shape index (κ3) is 2.05. The quantitative estimate of drug-likeness (QED) is 0.680. The minimum Gasteiger partial charge on any atom is -0.391 e. The lowest BCUT2D eigenvalue weighted by Crippen LogP contribution is -2.19. The molecular formula is C10H14N2O. The van der Waals surface area contributed by atoms with Crippen LogP contribution in [0.25, 0.3) is 0 Å². The molecule has 0 saturated carbocycles. The van der Waals surface area contributed by atoms with Gasteiger partial charge >= 0.3 is 0 Å². The van der Waals surface area contributed by atoms with Gasteiger partial charge in [-0.1, -0.05) is 0 Å². The SMILES string of the molecule is OC1CNCC1Cc1ccncc1. The first-order valence-corrected chi connectivity index (χ1v) is 4.64. The number of aromatic nitrogens is 1. The monoisotopic (exact) mass is 178 g/mol. The van der Waals surface area contributed by atoms with Gasteiger partial charge in [-0.3, -0.25) is 4.98 Å². The number of hydrogen-bond donors (Lipinski definition) is 2. The predicted molar refractivity (Wildman–Crippen MR) is 50.3 cm³/mol. The molecule has 0 aromatic carbocycles. The summed E-state index contributed by atoms with van der Waals surface area (Å²) >= 11 is 0. The summed E-state index contributed by atoms with van der Waals surface area (Å²) in [6.07, 6.45) is 4.35. The first-order valence-electron chi connectivity index (χ1n) is 4.64. The van der Waals surface area contributed by atoms with Crippen LogP contribution in [-0.4, -0.2) is 29.3 Å². The Hall–Kier alpha value is -0.930. The summed E-state index contributed by atoms with van der Waals surface area (Å²) in [4.78, 5) is 3.96. The molecule has 2 rings (SSSR count). The number of aliphatic hydroxyl groups is 1. The molecule has 1 aromatic rings. The molecule has 1 aromatic heterocycles. The molecular weight excluding hydrogens is 164 g/mol. The van der Waals surface area contributed by atoms with E-state index in [9.17, 15) is 5.11 Å². The van der Waals surface area contributed by atoms with Crippen molar-refractivity contribution in [3.8, 4) is 0 Å². The number of rotatable bonds is 2. The topological polar surface area (TPSA) is 45.1 Å². The van der Waals surface area contributed by atoms with Crippen LogP contribution in [-0.2, 0) is 6.42 Å². The fraction of sp³-hybridized carbons (Fsp3) is 0.500. The van der Waals surface area contributed by atoms with Gasteiger partial charge < -0.3 is 10.4 Å². The second-order valence-electron chi connectivity index (χ2n) is 3.55. The summed E-state index contributed by atoms with van der Waals surface area (Å²) in [5.41, 5.74) is 1.25. The summed E-state index contributed by atoms with van der Waals surface area (Å²) in [5, 5.41) is 12.7. The van der Waals surface area contributed by atoms with E-state index in [1.54, 1.807) is 12.4 Å². The van der Waals surface area contributed by atoms with E-state index in [2.05, 4.69) is 10.3 Å². The molecule has 1 aliphatic rings. The van der Waals surface area contributed by atoms with Crippen LogP contribution in [0, 0.1) is 5.92 Å².